The Bertz CT molecular complexity index is 1030. The molecule has 5 rings (SSSR count). The lowest BCUT2D eigenvalue weighted by Gasteiger charge is -2.33. The molecule has 0 bridgehead atoms. The number of Topliss-reactive ketones (excluding diaryl/α,β-unsaturated/α-hetero) is 1. The van der Waals surface area contributed by atoms with Crippen LogP contribution in [0.25, 0.3) is 0 Å². The van der Waals surface area contributed by atoms with Crippen molar-refractivity contribution in [3.8, 4) is 0 Å². The number of rotatable bonds is 4. The average Bonchev–Trinajstić information content (AvgIpc) is 2.88. The van der Waals surface area contributed by atoms with E-state index < -0.39 is 14.5 Å². The summed E-state index contributed by atoms with van der Waals surface area (Å²) in [6.45, 7) is 0. The van der Waals surface area contributed by atoms with Crippen molar-refractivity contribution in [1.29, 1.82) is 0 Å². The molecule has 0 aliphatic carbocycles. The molecular weight excluding hydrogens is 509 g/mol. The molecule has 4 aromatic rings. The SMILES string of the molecule is Cl.Cl.O=C1C[P+](c2ccccc2)(c2ccccc2)CCC[P+](c2ccccc2)(c2ccccc2)C1. The topological polar surface area (TPSA) is 17.1 Å². The first-order valence-electron chi connectivity index (χ1n) is 11.7. The second kappa shape index (κ2) is 12.3. The number of carbonyl (C=O) groups excluding carboxylic acids is 1. The summed E-state index contributed by atoms with van der Waals surface area (Å²) < 4.78 is 0. The Hall–Kier alpha value is -2.01. The standard InChI is InChI=1S/C30H30OP2.2ClH/c31-26-24-32(27-14-5-1-6-15-27,28-16-7-2-8-17-28)22-13-23-33(25-26,29-18-9-3-10-19-29)30-20-11-4-12-21-30;;/h1-12,14-21H,13,22-25H2;2*1H/q+2;;. The van der Waals surface area contributed by atoms with E-state index in [1.165, 1.54) is 21.2 Å². The first-order chi connectivity index (χ1) is 16.2. The highest BCUT2D eigenvalue weighted by atomic mass is 35.5. The van der Waals surface area contributed by atoms with Gasteiger partial charge in [0.05, 0.1) is 48.1 Å². The number of benzene rings is 4. The maximum atomic E-state index is 14.0. The van der Waals surface area contributed by atoms with Crippen molar-refractivity contribution >= 4 is 66.3 Å². The van der Waals surface area contributed by atoms with Crippen molar-refractivity contribution in [2.75, 3.05) is 24.6 Å². The Balaban J connectivity index is 0.00000171. The van der Waals surface area contributed by atoms with Gasteiger partial charge < -0.3 is 0 Å². The molecule has 1 saturated heterocycles. The van der Waals surface area contributed by atoms with E-state index in [1.54, 1.807) is 0 Å². The maximum Gasteiger partial charge on any atom is 0.208 e. The minimum Gasteiger partial charge on any atom is -0.291 e. The summed E-state index contributed by atoms with van der Waals surface area (Å²) in [5, 5.41) is 5.48. The zero-order chi connectivity index (χ0) is 22.6. The van der Waals surface area contributed by atoms with E-state index >= 15 is 0 Å². The first kappa shape index (κ1) is 27.6. The Morgan fingerprint density at radius 1 is 0.429 bits per heavy atom. The third-order valence-corrected chi connectivity index (χ3v) is 16.1. The van der Waals surface area contributed by atoms with Gasteiger partial charge in [0.1, 0.15) is 12.3 Å². The van der Waals surface area contributed by atoms with Crippen LogP contribution in [0.3, 0.4) is 0 Å². The highest BCUT2D eigenvalue weighted by Gasteiger charge is 2.52. The van der Waals surface area contributed by atoms with E-state index in [9.17, 15) is 4.79 Å². The van der Waals surface area contributed by atoms with Gasteiger partial charge in [-0.1, -0.05) is 72.8 Å². The minimum absolute atomic E-state index is 0. The summed E-state index contributed by atoms with van der Waals surface area (Å²) in [7, 11) is -3.59. The first-order valence-corrected chi connectivity index (χ1v) is 16.0. The number of hydrogen-bond donors (Lipinski definition) is 0. The van der Waals surface area contributed by atoms with Crippen molar-refractivity contribution in [3.63, 3.8) is 0 Å². The van der Waals surface area contributed by atoms with Crippen LogP contribution in [0.4, 0.5) is 0 Å². The molecule has 0 unspecified atom stereocenters. The molecule has 0 radical (unpaired) electrons. The summed E-state index contributed by atoms with van der Waals surface area (Å²) in [5.74, 6) is 0.428. The maximum absolute atomic E-state index is 14.0. The monoisotopic (exact) mass is 540 g/mol. The fourth-order valence-electron chi connectivity index (χ4n) is 5.45. The number of carbonyl (C=O) groups is 1. The van der Waals surface area contributed by atoms with Crippen LogP contribution in [0.15, 0.2) is 121 Å². The summed E-state index contributed by atoms with van der Waals surface area (Å²) in [4.78, 5) is 14.0. The van der Waals surface area contributed by atoms with Crippen LogP contribution < -0.4 is 21.2 Å². The van der Waals surface area contributed by atoms with E-state index in [-0.39, 0.29) is 24.8 Å². The molecule has 0 spiro atoms. The van der Waals surface area contributed by atoms with E-state index in [0.29, 0.717) is 18.1 Å². The Morgan fingerprint density at radius 3 is 0.943 bits per heavy atom. The van der Waals surface area contributed by atoms with Gasteiger partial charge in [-0.15, -0.1) is 24.8 Å². The Morgan fingerprint density at radius 2 is 0.686 bits per heavy atom. The third-order valence-electron chi connectivity index (χ3n) is 6.97. The molecule has 0 atom stereocenters. The predicted molar refractivity (Wildman–Crippen MR) is 162 cm³/mol. The fourth-order valence-corrected chi connectivity index (χ4v) is 14.4. The Kier molecular flexibility index (Phi) is 9.69. The molecule has 1 nitrogen and oxygen atoms in total. The lowest BCUT2D eigenvalue weighted by Crippen LogP contribution is -2.38. The third kappa shape index (κ3) is 5.55. The molecular formula is C30H32Cl2OP2+2. The molecule has 1 aliphatic heterocycles. The van der Waals surface area contributed by atoms with Gasteiger partial charge in [0.15, 0.2) is 0 Å². The van der Waals surface area contributed by atoms with Gasteiger partial charge in [-0.25, -0.2) is 0 Å². The van der Waals surface area contributed by atoms with Crippen molar-refractivity contribution in [3.05, 3.63) is 121 Å². The molecule has 1 heterocycles. The number of hydrogen-bond acceptors (Lipinski definition) is 1. The largest absolute Gasteiger partial charge is 0.291 e. The second-order valence-corrected chi connectivity index (χ2v) is 16.4. The minimum atomic E-state index is -1.79. The molecule has 4 aromatic carbocycles. The van der Waals surface area contributed by atoms with Gasteiger partial charge in [-0.05, 0) is 48.5 Å². The molecule has 5 heteroatoms. The van der Waals surface area contributed by atoms with Crippen molar-refractivity contribution < 1.29 is 4.79 Å². The average molecular weight is 541 g/mol. The second-order valence-electron chi connectivity index (χ2n) is 8.93. The lowest BCUT2D eigenvalue weighted by molar-refractivity contribution is -0.114. The van der Waals surface area contributed by atoms with E-state index in [1.807, 2.05) is 0 Å². The number of halogens is 2. The van der Waals surface area contributed by atoms with Gasteiger partial charge >= 0.3 is 0 Å². The lowest BCUT2D eigenvalue weighted by atomic mass is 10.4. The summed E-state index contributed by atoms with van der Waals surface area (Å²) >= 11 is 0. The molecule has 35 heavy (non-hydrogen) atoms. The van der Waals surface area contributed by atoms with Gasteiger partial charge in [-0.2, -0.15) is 0 Å². The van der Waals surface area contributed by atoms with Gasteiger partial charge in [0.25, 0.3) is 0 Å². The highest BCUT2D eigenvalue weighted by molar-refractivity contribution is 7.92. The smallest absolute Gasteiger partial charge is 0.208 e. The van der Waals surface area contributed by atoms with Crippen molar-refractivity contribution in [1.82, 2.24) is 0 Å². The fraction of sp³-hybridized carbons (Fsp3) is 0.167. The molecule has 180 valence electrons. The van der Waals surface area contributed by atoms with Gasteiger partial charge in [-0.3, -0.25) is 4.79 Å². The van der Waals surface area contributed by atoms with Crippen LogP contribution in [0.1, 0.15) is 6.42 Å². The van der Waals surface area contributed by atoms with Crippen molar-refractivity contribution in [2.24, 2.45) is 0 Å². The Labute approximate surface area is 222 Å². The molecule has 1 fully saturated rings. The van der Waals surface area contributed by atoms with Crippen LogP contribution in [-0.2, 0) is 4.79 Å². The highest BCUT2D eigenvalue weighted by Crippen LogP contribution is 2.64. The molecule has 0 saturated carbocycles. The van der Waals surface area contributed by atoms with Gasteiger partial charge in [0, 0.05) is 6.42 Å². The summed E-state index contributed by atoms with van der Waals surface area (Å²) in [6, 6.07) is 43.4. The zero-order valence-electron chi connectivity index (χ0n) is 19.7. The van der Waals surface area contributed by atoms with E-state index in [0.717, 1.165) is 18.7 Å². The zero-order valence-corrected chi connectivity index (χ0v) is 23.1. The number of ketones is 1. The van der Waals surface area contributed by atoms with Crippen molar-refractivity contribution in [2.45, 2.75) is 6.42 Å². The van der Waals surface area contributed by atoms with Gasteiger partial charge in [0.2, 0.25) is 5.78 Å². The van der Waals surface area contributed by atoms with E-state index in [2.05, 4.69) is 121 Å². The summed E-state index contributed by atoms with van der Waals surface area (Å²) in [5.41, 5.74) is 0. The molecule has 0 amide bonds. The van der Waals surface area contributed by atoms with Crippen LogP contribution in [0, 0.1) is 0 Å². The predicted octanol–water partition coefficient (Wildman–Crippen LogP) is 6.14. The van der Waals surface area contributed by atoms with E-state index in [4.69, 9.17) is 0 Å². The molecule has 0 aromatic heterocycles. The van der Waals surface area contributed by atoms with Crippen LogP contribution in [-0.4, -0.2) is 30.4 Å². The summed E-state index contributed by atoms with van der Waals surface area (Å²) in [6.07, 6.45) is 4.66. The van der Waals surface area contributed by atoms with Crippen LogP contribution in [0.2, 0.25) is 0 Å². The molecule has 1 aliphatic rings. The van der Waals surface area contributed by atoms with Crippen LogP contribution in [0.5, 0.6) is 0 Å². The van der Waals surface area contributed by atoms with Crippen LogP contribution >= 0.6 is 39.3 Å². The normalized spacial score (nSPS) is 16.6. The quantitative estimate of drug-likeness (QED) is 0.284. The molecule has 0 N–H and O–H groups in total.